The second kappa shape index (κ2) is 14.5. The summed E-state index contributed by atoms with van der Waals surface area (Å²) in [5.41, 5.74) is 1.78. The Labute approximate surface area is 238 Å². The van der Waals surface area contributed by atoms with Gasteiger partial charge < -0.3 is 10.2 Å². The number of benzene rings is 1. The van der Waals surface area contributed by atoms with Crippen LogP contribution in [0.2, 0.25) is 0 Å². The van der Waals surface area contributed by atoms with E-state index >= 15 is 0 Å². The Morgan fingerprint density at radius 1 is 1.20 bits per heavy atom. The molecule has 5 nitrogen and oxygen atoms in total. The zero-order valence-electron chi connectivity index (χ0n) is 23.4. The summed E-state index contributed by atoms with van der Waals surface area (Å²) in [4.78, 5) is 27.0. The van der Waals surface area contributed by atoms with Crippen molar-refractivity contribution >= 4 is 28.7 Å². The molecule has 40 heavy (non-hydrogen) atoms. The minimum Gasteiger partial charge on any atom is -0.322 e. The molecule has 0 aliphatic carbocycles. The van der Waals surface area contributed by atoms with Gasteiger partial charge in [0.1, 0.15) is 0 Å². The van der Waals surface area contributed by atoms with Gasteiger partial charge in [0.15, 0.2) is 5.78 Å². The number of allylic oxidation sites excluding steroid dienone is 5. The number of nitrogens with one attached hydrogen (secondary N) is 1. The van der Waals surface area contributed by atoms with Gasteiger partial charge in [-0.15, -0.1) is 11.3 Å². The third-order valence-electron chi connectivity index (χ3n) is 5.75. The summed E-state index contributed by atoms with van der Waals surface area (Å²) in [6, 6.07) is 4.52. The van der Waals surface area contributed by atoms with E-state index in [0.29, 0.717) is 17.2 Å². The Bertz CT molecular complexity index is 1380. The highest BCUT2D eigenvalue weighted by atomic mass is 32.1. The molecule has 2 heterocycles. The fraction of sp³-hybridized carbons (Fsp3) is 0.323. The molecule has 2 aromatic rings. The quantitative estimate of drug-likeness (QED) is 0.324. The number of hydrogen-bond acceptors (Lipinski definition) is 5. The molecule has 1 aliphatic rings. The lowest BCUT2D eigenvalue weighted by Gasteiger charge is -2.24. The van der Waals surface area contributed by atoms with Gasteiger partial charge in [-0.05, 0) is 54.7 Å². The first-order valence-electron chi connectivity index (χ1n) is 12.9. The molecule has 0 radical (unpaired) electrons. The van der Waals surface area contributed by atoms with Crippen molar-refractivity contribution in [3.05, 3.63) is 99.2 Å². The summed E-state index contributed by atoms with van der Waals surface area (Å²) in [6.07, 6.45) is 7.32. The van der Waals surface area contributed by atoms with Crippen LogP contribution in [-0.4, -0.2) is 16.6 Å². The van der Waals surface area contributed by atoms with Crippen molar-refractivity contribution in [2.75, 3.05) is 5.32 Å². The molecule has 0 saturated carbocycles. The highest BCUT2D eigenvalue weighted by molar-refractivity contribution is 7.10. The molecular formula is C31H34F3N3O2S. The zero-order chi connectivity index (χ0) is 30.0. The van der Waals surface area contributed by atoms with Gasteiger partial charge in [-0.1, -0.05) is 52.8 Å². The van der Waals surface area contributed by atoms with Crippen molar-refractivity contribution in [3.8, 4) is 6.07 Å². The normalized spacial score (nSPS) is 13.2. The number of rotatable bonds is 8. The van der Waals surface area contributed by atoms with Crippen LogP contribution in [-0.2, 0) is 23.8 Å². The molecule has 0 saturated heterocycles. The third kappa shape index (κ3) is 8.82. The number of ketones is 1. The largest absolute Gasteiger partial charge is 0.416 e. The lowest BCUT2D eigenvalue weighted by molar-refractivity contribution is -0.137. The van der Waals surface area contributed by atoms with E-state index in [-0.39, 0.29) is 17.0 Å². The van der Waals surface area contributed by atoms with E-state index < -0.39 is 17.6 Å². The molecule has 0 spiro atoms. The summed E-state index contributed by atoms with van der Waals surface area (Å²) in [5, 5.41) is 13.2. The van der Waals surface area contributed by atoms with E-state index in [1.54, 1.807) is 18.4 Å². The van der Waals surface area contributed by atoms with Crippen LogP contribution in [0.1, 0.15) is 73.0 Å². The van der Waals surface area contributed by atoms with Crippen molar-refractivity contribution in [1.29, 1.82) is 5.26 Å². The van der Waals surface area contributed by atoms with Gasteiger partial charge in [0.2, 0.25) is 0 Å². The fourth-order valence-corrected chi connectivity index (χ4v) is 4.99. The SMILES string of the molecule is C=C1C=CC=CN1/C(=C\C(C)C)C(C)=O.CCCc1c(C(=O)Nc2cc(C#N)cc(C(F)(F)F)c2)csc1CC. The monoisotopic (exact) mass is 569 g/mol. The number of nitriles is 1. The van der Waals surface area contributed by atoms with Gasteiger partial charge in [-0.2, -0.15) is 18.4 Å². The maximum Gasteiger partial charge on any atom is 0.416 e. The summed E-state index contributed by atoms with van der Waals surface area (Å²) < 4.78 is 38.8. The molecule has 0 unspecified atom stereocenters. The minimum absolute atomic E-state index is 0.0388. The topological polar surface area (TPSA) is 73.2 Å². The molecule has 3 rings (SSSR count). The number of Topliss-reactive ketones (excluding diaryl/α,β-unsaturated/α-hetero) is 1. The van der Waals surface area contributed by atoms with Gasteiger partial charge >= 0.3 is 6.18 Å². The van der Waals surface area contributed by atoms with Crippen LogP contribution in [0.15, 0.2) is 72.1 Å². The summed E-state index contributed by atoms with van der Waals surface area (Å²) in [6.45, 7) is 13.6. The standard InChI is InChI=1S/C18H17F3N2OS.C13H17NO/c1-3-5-14-15(10-25-16(14)4-2)17(24)23-13-7-11(9-22)6-12(8-13)18(19,20)21;1-10(2)9-13(12(4)15)14-8-6-5-7-11(14)3/h6-8,10H,3-5H2,1-2H3,(H,23,24);5-10H,3H2,1-2,4H3/b;13-9-. The molecule has 0 fully saturated rings. The Morgan fingerprint density at radius 3 is 2.42 bits per heavy atom. The number of nitrogens with zero attached hydrogens (tertiary/aromatic N) is 2. The van der Waals surface area contributed by atoms with Crippen LogP contribution >= 0.6 is 11.3 Å². The van der Waals surface area contributed by atoms with E-state index in [2.05, 4.69) is 25.7 Å². The molecule has 9 heteroatoms. The lowest BCUT2D eigenvalue weighted by Crippen LogP contribution is -2.21. The second-order valence-electron chi connectivity index (χ2n) is 9.43. The van der Waals surface area contributed by atoms with Gasteiger partial charge in [-0.25, -0.2) is 0 Å². The fourth-order valence-electron chi connectivity index (χ4n) is 3.96. The predicted molar refractivity (Wildman–Crippen MR) is 155 cm³/mol. The number of amides is 1. The Morgan fingerprint density at radius 2 is 1.90 bits per heavy atom. The maximum absolute atomic E-state index is 12.9. The van der Waals surface area contributed by atoms with Crippen LogP contribution < -0.4 is 5.32 Å². The van der Waals surface area contributed by atoms with Crippen LogP contribution in [0.4, 0.5) is 18.9 Å². The molecular weight excluding hydrogens is 535 g/mol. The molecule has 1 amide bonds. The molecule has 1 aromatic heterocycles. The highest BCUT2D eigenvalue weighted by Gasteiger charge is 2.31. The molecule has 1 N–H and O–H groups in total. The molecule has 0 bridgehead atoms. The van der Waals surface area contributed by atoms with Crippen molar-refractivity contribution < 1.29 is 22.8 Å². The van der Waals surface area contributed by atoms with E-state index in [1.165, 1.54) is 17.4 Å². The van der Waals surface area contributed by atoms with Crippen molar-refractivity contribution in [2.24, 2.45) is 5.92 Å². The summed E-state index contributed by atoms with van der Waals surface area (Å²) in [5.74, 6) is -0.0524. The molecule has 0 atom stereocenters. The van der Waals surface area contributed by atoms with Crippen LogP contribution in [0, 0.1) is 17.2 Å². The van der Waals surface area contributed by atoms with Crippen molar-refractivity contribution in [1.82, 2.24) is 4.90 Å². The Kier molecular flexibility index (Phi) is 11.7. The van der Waals surface area contributed by atoms with E-state index in [4.69, 9.17) is 5.26 Å². The maximum atomic E-state index is 12.9. The summed E-state index contributed by atoms with van der Waals surface area (Å²) >= 11 is 1.48. The smallest absolute Gasteiger partial charge is 0.322 e. The van der Waals surface area contributed by atoms with E-state index in [9.17, 15) is 22.8 Å². The number of thiophene rings is 1. The van der Waals surface area contributed by atoms with Crippen LogP contribution in [0.25, 0.3) is 0 Å². The number of anilines is 1. The predicted octanol–water partition coefficient (Wildman–Crippen LogP) is 8.42. The first-order chi connectivity index (χ1) is 18.8. The van der Waals surface area contributed by atoms with Crippen LogP contribution in [0.5, 0.6) is 0 Å². The van der Waals surface area contributed by atoms with E-state index in [0.717, 1.165) is 47.5 Å². The Hall–Kier alpha value is -3.90. The first kappa shape index (κ1) is 32.3. The first-order valence-corrected chi connectivity index (χ1v) is 13.8. The average Bonchev–Trinajstić information content (AvgIpc) is 3.30. The number of halogens is 3. The zero-order valence-corrected chi connectivity index (χ0v) is 24.2. The van der Waals surface area contributed by atoms with E-state index in [1.807, 2.05) is 49.3 Å². The molecule has 212 valence electrons. The van der Waals surface area contributed by atoms with Crippen molar-refractivity contribution in [3.63, 3.8) is 0 Å². The number of carbonyl (C=O) groups is 2. The number of alkyl halides is 3. The molecule has 1 aromatic carbocycles. The van der Waals surface area contributed by atoms with Crippen molar-refractivity contribution in [2.45, 2.75) is 60.1 Å². The van der Waals surface area contributed by atoms with Crippen LogP contribution in [0.3, 0.4) is 0 Å². The number of aryl methyl sites for hydroxylation is 1. The van der Waals surface area contributed by atoms with Gasteiger partial charge in [-0.3, -0.25) is 9.59 Å². The molecule has 1 aliphatic heterocycles. The lowest BCUT2D eigenvalue weighted by atomic mass is 10.0. The number of hydrogen-bond donors (Lipinski definition) is 1. The second-order valence-corrected chi connectivity index (χ2v) is 10.4. The van der Waals surface area contributed by atoms with Gasteiger partial charge in [0.05, 0.1) is 28.5 Å². The van der Waals surface area contributed by atoms with Gasteiger partial charge in [0, 0.05) is 34.8 Å². The average molecular weight is 570 g/mol. The minimum atomic E-state index is -4.59. The Balaban J connectivity index is 0.000000319. The highest BCUT2D eigenvalue weighted by Crippen LogP contribution is 2.32. The summed E-state index contributed by atoms with van der Waals surface area (Å²) in [7, 11) is 0. The number of carbonyl (C=O) groups excluding carboxylic acids is 2. The third-order valence-corrected chi connectivity index (χ3v) is 6.92. The van der Waals surface area contributed by atoms with Gasteiger partial charge in [0.25, 0.3) is 5.91 Å².